The second-order valence-corrected chi connectivity index (χ2v) is 18.6. The summed E-state index contributed by atoms with van der Waals surface area (Å²) < 4.78 is 0. The van der Waals surface area contributed by atoms with Gasteiger partial charge in [-0.1, -0.05) is 244 Å². The minimum atomic E-state index is -1.29. The van der Waals surface area contributed by atoms with Gasteiger partial charge in [0.15, 0.2) is 0 Å². The molecule has 0 fully saturated rings. The summed E-state index contributed by atoms with van der Waals surface area (Å²) in [7, 11) is 0. The number of aliphatic hydroxyl groups is 4. The second kappa shape index (κ2) is 48.8. The van der Waals surface area contributed by atoms with E-state index in [0.717, 1.165) is 44.9 Å². The third-order valence-corrected chi connectivity index (χ3v) is 12.6. The molecule has 0 bridgehead atoms. The van der Waals surface area contributed by atoms with Gasteiger partial charge in [-0.15, -0.1) is 0 Å². The first-order valence-electron chi connectivity index (χ1n) is 26.7. The highest BCUT2D eigenvalue weighted by molar-refractivity contribution is 5.80. The molecule has 0 aliphatic heterocycles. The van der Waals surface area contributed by atoms with Crippen molar-refractivity contribution in [1.82, 2.24) is 5.32 Å². The highest BCUT2D eigenvalue weighted by atomic mass is 16.3. The van der Waals surface area contributed by atoms with Crippen LogP contribution in [0.25, 0.3) is 0 Å². The predicted molar refractivity (Wildman–Crippen MR) is 261 cm³/mol. The molecule has 0 aliphatic rings. The van der Waals surface area contributed by atoms with Crippen LogP contribution in [0.5, 0.6) is 0 Å². The number of hydrogen-bond acceptors (Lipinski definition) is 5. The number of unbranched alkanes of at least 4 members (excludes halogenated alkanes) is 36. The molecule has 60 heavy (non-hydrogen) atoms. The molecule has 356 valence electrons. The van der Waals surface area contributed by atoms with E-state index >= 15 is 0 Å². The molecule has 0 spiro atoms. The van der Waals surface area contributed by atoms with Gasteiger partial charge in [0.25, 0.3) is 0 Å². The highest BCUT2D eigenvalue weighted by Gasteiger charge is 2.28. The van der Waals surface area contributed by atoms with Gasteiger partial charge in [-0.25, -0.2) is 0 Å². The Morgan fingerprint density at radius 3 is 1.00 bits per heavy atom. The lowest BCUT2D eigenvalue weighted by Gasteiger charge is -2.27. The minimum absolute atomic E-state index is 0.333. The zero-order valence-electron chi connectivity index (χ0n) is 40.2. The molecule has 0 rings (SSSR count). The maximum absolute atomic E-state index is 12.5. The van der Waals surface area contributed by atoms with E-state index in [4.69, 9.17) is 0 Å². The highest BCUT2D eigenvalue weighted by Crippen LogP contribution is 2.17. The minimum Gasteiger partial charge on any atom is -0.394 e. The van der Waals surface area contributed by atoms with Gasteiger partial charge in [0.1, 0.15) is 12.2 Å². The summed E-state index contributed by atoms with van der Waals surface area (Å²) in [5.74, 6) is -0.608. The van der Waals surface area contributed by atoms with Crippen molar-refractivity contribution in [2.45, 2.75) is 308 Å². The fraction of sp³-hybridized carbons (Fsp3) is 0.907. The standard InChI is InChI=1S/C54H105NO5/c1-3-5-7-9-11-13-15-17-18-19-20-21-22-23-24-25-26-27-28-29-30-31-32-33-34-35-36-38-39-41-43-45-47-51(57)53(59)50(49-56)55-54(60)52(58)48-46-44-42-40-37-16-14-12-10-8-6-4-2/h37,39-41,50-53,56-59H,3-36,38,42-49H2,1-2H3,(H,55,60)/b40-37-,41-39+. The van der Waals surface area contributed by atoms with Gasteiger partial charge in [0.05, 0.1) is 18.8 Å². The van der Waals surface area contributed by atoms with Gasteiger partial charge in [-0.2, -0.15) is 0 Å². The van der Waals surface area contributed by atoms with Crippen molar-refractivity contribution in [3.63, 3.8) is 0 Å². The number of carbonyl (C=O) groups excluding carboxylic acids is 1. The molecule has 0 saturated carbocycles. The van der Waals surface area contributed by atoms with Crippen molar-refractivity contribution in [3.05, 3.63) is 24.3 Å². The summed E-state index contributed by atoms with van der Waals surface area (Å²) in [4.78, 5) is 12.5. The third-order valence-electron chi connectivity index (χ3n) is 12.6. The second-order valence-electron chi connectivity index (χ2n) is 18.6. The normalized spacial score (nSPS) is 14.0. The molecule has 4 atom stereocenters. The van der Waals surface area contributed by atoms with Crippen LogP contribution in [0.15, 0.2) is 24.3 Å². The average Bonchev–Trinajstić information content (AvgIpc) is 3.25. The van der Waals surface area contributed by atoms with Gasteiger partial charge in [-0.05, 0) is 64.2 Å². The quantitative estimate of drug-likeness (QED) is 0.0309. The molecule has 4 unspecified atom stereocenters. The van der Waals surface area contributed by atoms with E-state index in [1.807, 2.05) is 0 Å². The van der Waals surface area contributed by atoms with Crippen molar-refractivity contribution in [1.29, 1.82) is 0 Å². The smallest absolute Gasteiger partial charge is 0.249 e. The number of nitrogens with one attached hydrogen (secondary N) is 1. The molecule has 0 aromatic heterocycles. The molecule has 0 heterocycles. The maximum atomic E-state index is 12.5. The zero-order valence-corrected chi connectivity index (χ0v) is 40.2. The first kappa shape index (κ1) is 58.8. The number of allylic oxidation sites excluding steroid dienone is 4. The molecule has 0 aliphatic carbocycles. The largest absolute Gasteiger partial charge is 0.394 e. The van der Waals surface area contributed by atoms with Crippen LogP contribution in [0.1, 0.15) is 284 Å². The van der Waals surface area contributed by atoms with E-state index in [2.05, 4.69) is 43.5 Å². The summed E-state index contributed by atoms with van der Waals surface area (Å²) in [6, 6.07) is -1.01. The van der Waals surface area contributed by atoms with Crippen molar-refractivity contribution < 1.29 is 25.2 Å². The summed E-state index contributed by atoms with van der Waals surface area (Å²) in [6.07, 6.45) is 58.4. The Hall–Kier alpha value is -1.21. The molecule has 1 amide bonds. The number of hydrogen-bond donors (Lipinski definition) is 5. The fourth-order valence-electron chi connectivity index (χ4n) is 8.40. The Kier molecular flexibility index (Phi) is 47.8. The van der Waals surface area contributed by atoms with Crippen LogP contribution in [-0.2, 0) is 4.79 Å². The van der Waals surface area contributed by atoms with Crippen LogP contribution in [0.4, 0.5) is 0 Å². The summed E-state index contributed by atoms with van der Waals surface area (Å²) in [5, 5.41) is 43.7. The lowest BCUT2D eigenvalue weighted by molar-refractivity contribution is -0.132. The van der Waals surface area contributed by atoms with E-state index in [1.165, 1.54) is 212 Å². The Morgan fingerprint density at radius 2 is 0.683 bits per heavy atom. The van der Waals surface area contributed by atoms with Crippen molar-refractivity contribution in [2.24, 2.45) is 0 Å². The Balaban J connectivity index is 3.58. The molecular formula is C54H105NO5. The van der Waals surface area contributed by atoms with Gasteiger partial charge < -0.3 is 25.7 Å². The SMILES string of the molecule is CCCCCCCC/C=C\CCCCC(O)C(=O)NC(CO)C(O)C(O)CCC/C=C/CCCCCCCCCCCCCCCCCCCCCCCCCCCCC. The van der Waals surface area contributed by atoms with Gasteiger partial charge in [-0.3, -0.25) is 4.79 Å². The van der Waals surface area contributed by atoms with Gasteiger partial charge in [0.2, 0.25) is 5.91 Å². The Bertz CT molecular complexity index is 909. The lowest BCUT2D eigenvalue weighted by atomic mass is 10.00. The molecular weight excluding hydrogens is 743 g/mol. The first-order chi connectivity index (χ1) is 29.5. The van der Waals surface area contributed by atoms with Gasteiger partial charge in [0, 0.05) is 0 Å². The number of rotatable bonds is 49. The molecule has 5 N–H and O–H groups in total. The van der Waals surface area contributed by atoms with E-state index in [-0.39, 0.29) is 0 Å². The average molecular weight is 848 g/mol. The molecule has 6 heteroatoms. The predicted octanol–water partition coefficient (Wildman–Crippen LogP) is 15.1. The van der Waals surface area contributed by atoms with E-state index < -0.39 is 36.9 Å². The number of aliphatic hydroxyl groups excluding tert-OH is 4. The molecule has 0 aromatic carbocycles. The first-order valence-corrected chi connectivity index (χ1v) is 26.7. The topological polar surface area (TPSA) is 110 Å². The third kappa shape index (κ3) is 42.1. The van der Waals surface area contributed by atoms with Crippen LogP contribution in [-0.4, -0.2) is 57.3 Å². The monoisotopic (exact) mass is 848 g/mol. The van der Waals surface area contributed by atoms with E-state index in [0.29, 0.717) is 12.8 Å². The fourth-order valence-corrected chi connectivity index (χ4v) is 8.40. The van der Waals surface area contributed by atoms with Crippen LogP contribution in [0.2, 0.25) is 0 Å². The van der Waals surface area contributed by atoms with Crippen molar-refractivity contribution >= 4 is 5.91 Å². The van der Waals surface area contributed by atoms with Crippen molar-refractivity contribution in [3.8, 4) is 0 Å². The summed E-state index contributed by atoms with van der Waals surface area (Å²) in [5.41, 5.74) is 0. The maximum Gasteiger partial charge on any atom is 0.249 e. The Morgan fingerprint density at radius 1 is 0.400 bits per heavy atom. The van der Waals surface area contributed by atoms with Crippen LogP contribution in [0.3, 0.4) is 0 Å². The van der Waals surface area contributed by atoms with Crippen LogP contribution in [0, 0.1) is 0 Å². The summed E-state index contributed by atoms with van der Waals surface area (Å²) >= 11 is 0. The van der Waals surface area contributed by atoms with Crippen LogP contribution >= 0.6 is 0 Å². The van der Waals surface area contributed by atoms with Crippen LogP contribution < -0.4 is 5.32 Å². The van der Waals surface area contributed by atoms with E-state index in [1.54, 1.807) is 0 Å². The zero-order chi connectivity index (χ0) is 43.8. The molecule has 0 saturated heterocycles. The Labute approximate surface area is 374 Å². The lowest BCUT2D eigenvalue weighted by Crippen LogP contribution is -2.53. The molecule has 0 aromatic rings. The number of amides is 1. The molecule has 0 radical (unpaired) electrons. The number of carbonyl (C=O) groups is 1. The summed E-state index contributed by atoms with van der Waals surface area (Å²) in [6.45, 7) is 4.03. The van der Waals surface area contributed by atoms with E-state index in [9.17, 15) is 25.2 Å². The molecule has 6 nitrogen and oxygen atoms in total. The van der Waals surface area contributed by atoms with Crippen molar-refractivity contribution in [2.75, 3.05) is 6.61 Å². The van der Waals surface area contributed by atoms with Gasteiger partial charge >= 0.3 is 0 Å².